The summed E-state index contributed by atoms with van der Waals surface area (Å²) < 4.78 is 46.5. The van der Waals surface area contributed by atoms with Gasteiger partial charge in [-0.05, 0) is 32.7 Å². The molecule has 0 saturated heterocycles. The van der Waals surface area contributed by atoms with E-state index in [4.69, 9.17) is 31.5 Å². The van der Waals surface area contributed by atoms with Gasteiger partial charge in [0.1, 0.15) is 13.2 Å². The molecule has 0 radical (unpaired) electrons. The summed E-state index contributed by atoms with van der Waals surface area (Å²) in [6.07, 6.45) is 1.03. The summed E-state index contributed by atoms with van der Waals surface area (Å²) in [5.74, 6) is 0. The van der Waals surface area contributed by atoms with Gasteiger partial charge in [0.25, 0.3) is 0 Å². The molecule has 34 heavy (non-hydrogen) atoms. The van der Waals surface area contributed by atoms with Gasteiger partial charge >= 0.3 is 24.9 Å². The zero-order valence-electron chi connectivity index (χ0n) is 22.5. The Kier molecular flexibility index (Phi) is 15.8. The quantitative estimate of drug-likeness (QED) is 0.0514. The van der Waals surface area contributed by atoms with Crippen LogP contribution < -0.4 is 10.6 Å². The molecule has 4 N–H and O–H groups in total. The van der Waals surface area contributed by atoms with E-state index in [-0.39, 0.29) is 19.8 Å². The molecule has 0 aromatic rings. The number of ether oxygens (including phenoxy) is 1. The average Bonchev–Trinajstić information content (AvgIpc) is 2.64. The van der Waals surface area contributed by atoms with Crippen LogP contribution in [0.3, 0.4) is 0 Å². The van der Waals surface area contributed by atoms with Gasteiger partial charge in [0.15, 0.2) is 0 Å². The summed E-state index contributed by atoms with van der Waals surface area (Å²) in [6, 6.07) is 0. The standard InChI is InChI=1S/C18H48N3O9PSi3/c1-21(2,3)11-14-28-31(23,24)27-13-10-19-16-20-17-34(9,25-4)30-33(7,8)29-32(5,6)18-26-15-12-22/h19-20,22H,10-18H2,1-9H3/p+1. The molecule has 0 aliphatic heterocycles. The Morgan fingerprint density at radius 3 is 2.12 bits per heavy atom. The number of hydrogen-bond donors (Lipinski definition) is 4. The smallest absolute Gasteiger partial charge is 0.435 e. The van der Waals surface area contributed by atoms with Crippen molar-refractivity contribution in [2.75, 3.05) is 86.8 Å². The third kappa shape index (κ3) is 18.7. The van der Waals surface area contributed by atoms with Crippen LogP contribution >= 0.6 is 7.82 Å². The molecule has 0 spiro atoms. The number of likely N-dealkylation sites (N-methyl/N-ethyl adjacent to an activating group) is 1. The largest absolute Gasteiger partial charge is 0.472 e. The topological polar surface area (TPSA) is 137 Å². The molecule has 0 saturated carbocycles. The van der Waals surface area contributed by atoms with Crippen LogP contribution in [-0.4, -0.2) is 127 Å². The van der Waals surface area contributed by atoms with Crippen LogP contribution in [0.25, 0.3) is 0 Å². The Bertz CT molecular complexity index is 615. The van der Waals surface area contributed by atoms with E-state index in [1.54, 1.807) is 7.11 Å². The normalized spacial score (nSPS) is 16.9. The van der Waals surface area contributed by atoms with E-state index in [0.29, 0.717) is 43.2 Å². The number of phosphoric ester groups is 1. The summed E-state index contributed by atoms with van der Waals surface area (Å²) in [6.45, 7) is 12.0. The minimum absolute atomic E-state index is 0.00768. The molecule has 16 heteroatoms. The van der Waals surface area contributed by atoms with Crippen molar-refractivity contribution in [2.24, 2.45) is 0 Å². The van der Waals surface area contributed by atoms with Gasteiger partial charge in [-0.2, -0.15) is 0 Å². The van der Waals surface area contributed by atoms with Gasteiger partial charge in [0.2, 0.25) is 8.32 Å². The fraction of sp³-hybridized carbons (Fsp3) is 1.00. The van der Waals surface area contributed by atoms with Crippen LogP contribution in [0.1, 0.15) is 0 Å². The van der Waals surface area contributed by atoms with Gasteiger partial charge in [-0.15, -0.1) is 0 Å². The number of nitrogens with zero attached hydrogens (tertiary/aromatic N) is 1. The van der Waals surface area contributed by atoms with Crippen molar-refractivity contribution in [2.45, 2.75) is 32.7 Å². The number of aliphatic hydroxyl groups is 1. The fourth-order valence-electron chi connectivity index (χ4n) is 2.93. The second-order valence-electron chi connectivity index (χ2n) is 10.2. The van der Waals surface area contributed by atoms with Gasteiger partial charge < -0.3 is 42.5 Å². The Labute approximate surface area is 209 Å². The molecule has 0 heterocycles. The van der Waals surface area contributed by atoms with E-state index in [2.05, 4.69) is 23.7 Å². The van der Waals surface area contributed by atoms with Crippen molar-refractivity contribution >= 4 is 33.3 Å². The van der Waals surface area contributed by atoms with E-state index in [0.717, 1.165) is 0 Å². The average molecular weight is 567 g/mol. The Morgan fingerprint density at radius 2 is 1.56 bits per heavy atom. The lowest BCUT2D eigenvalue weighted by molar-refractivity contribution is -0.870. The van der Waals surface area contributed by atoms with Crippen molar-refractivity contribution in [3.05, 3.63) is 0 Å². The monoisotopic (exact) mass is 566 g/mol. The Hall–Kier alpha value is 0.441. The maximum absolute atomic E-state index is 11.9. The lowest BCUT2D eigenvalue weighted by atomic mass is 10.5. The molecule has 0 fully saturated rings. The first kappa shape index (κ1) is 34.4. The maximum Gasteiger partial charge on any atom is 0.472 e. The Balaban J connectivity index is 4.29. The van der Waals surface area contributed by atoms with E-state index in [1.807, 2.05) is 40.8 Å². The number of rotatable bonds is 21. The first-order valence-electron chi connectivity index (χ1n) is 11.4. The first-order chi connectivity index (χ1) is 15.4. The third-order valence-corrected chi connectivity index (χ3v) is 15.9. The SMILES string of the molecule is CO[Si](C)(CNCNCCOP(=O)(O)OCC[N+](C)(C)C)O[Si](C)(C)O[Si](C)(C)COCCO. The Morgan fingerprint density at radius 1 is 0.941 bits per heavy atom. The fourth-order valence-corrected chi connectivity index (χ4v) is 15.9. The molecule has 0 bridgehead atoms. The van der Waals surface area contributed by atoms with E-state index >= 15 is 0 Å². The lowest BCUT2D eigenvalue weighted by Crippen LogP contribution is -2.59. The van der Waals surface area contributed by atoms with E-state index < -0.39 is 33.3 Å². The van der Waals surface area contributed by atoms with Crippen LogP contribution in [0, 0.1) is 0 Å². The van der Waals surface area contributed by atoms with Crippen LogP contribution in [0.5, 0.6) is 0 Å². The molecule has 0 aromatic heterocycles. The lowest BCUT2D eigenvalue weighted by Gasteiger charge is -2.38. The molecule has 0 amide bonds. The molecule has 2 atom stereocenters. The zero-order chi connectivity index (χ0) is 26.5. The number of hydrogen-bond acceptors (Lipinski definition) is 10. The first-order valence-corrected chi connectivity index (χ1v) is 21.4. The molecule has 0 aromatic carbocycles. The molecule has 0 aliphatic carbocycles. The van der Waals surface area contributed by atoms with Gasteiger partial charge in [-0.3, -0.25) is 9.05 Å². The number of aliphatic hydroxyl groups excluding tert-OH is 1. The summed E-state index contributed by atoms with van der Waals surface area (Å²) in [4.78, 5) is 9.71. The second kappa shape index (κ2) is 15.6. The summed E-state index contributed by atoms with van der Waals surface area (Å²) in [5.41, 5.74) is 0. The molecule has 12 nitrogen and oxygen atoms in total. The highest BCUT2D eigenvalue weighted by molar-refractivity contribution is 7.47. The van der Waals surface area contributed by atoms with Crippen LogP contribution in [0.2, 0.25) is 32.7 Å². The zero-order valence-corrected chi connectivity index (χ0v) is 26.4. The molecular weight excluding hydrogens is 517 g/mol. The summed E-state index contributed by atoms with van der Waals surface area (Å²) in [5, 5.41) is 15.3. The molecule has 206 valence electrons. The molecule has 2 unspecified atom stereocenters. The predicted molar refractivity (Wildman–Crippen MR) is 139 cm³/mol. The third-order valence-electron chi connectivity index (χ3n) is 4.35. The highest BCUT2D eigenvalue weighted by Crippen LogP contribution is 2.42. The van der Waals surface area contributed by atoms with Gasteiger partial charge in [0.05, 0.1) is 47.2 Å². The van der Waals surface area contributed by atoms with Crippen molar-refractivity contribution < 1.29 is 45.5 Å². The maximum atomic E-state index is 11.9. The van der Waals surface area contributed by atoms with Crippen molar-refractivity contribution in [3.63, 3.8) is 0 Å². The van der Waals surface area contributed by atoms with Crippen LogP contribution in [-0.2, 0) is 31.0 Å². The van der Waals surface area contributed by atoms with Gasteiger partial charge in [-0.25, -0.2) is 4.57 Å². The van der Waals surface area contributed by atoms with Crippen LogP contribution in [0.15, 0.2) is 0 Å². The molecule has 0 aliphatic rings. The molecular formula is C18H49N3O9PSi3+. The number of nitrogens with one attached hydrogen (secondary N) is 2. The minimum Gasteiger partial charge on any atom is -0.435 e. The van der Waals surface area contributed by atoms with E-state index in [1.165, 1.54) is 0 Å². The second-order valence-corrected chi connectivity index (χ2v) is 23.0. The van der Waals surface area contributed by atoms with Crippen LogP contribution in [0.4, 0.5) is 0 Å². The predicted octanol–water partition coefficient (Wildman–Crippen LogP) is 0.709. The minimum atomic E-state index is -4.05. The molecule has 0 rings (SSSR count). The number of quaternary nitrogens is 1. The van der Waals surface area contributed by atoms with E-state index in [9.17, 15) is 9.46 Å². The highest BCUT2D eigenvalue weighted by Gasteiger charge is 2.42. The summed E-state index contributed by atoms with van der Waals surface area (Å²) >= 11 is 0. The van der Waals surface area contributed by atoms with Crippen molar-refractivity contribution in [1.29, 1.82) is 0 Å². The number of phosphoric acid groups is 1. The van der Waals surface area contributed by atoms with Gasteiger partial charge in [-0.1, -0.05) is 0 Å². The van der Waals surface area contributed by atoms with Crippen molar-refractivity contribution in [1.82, 2.24) is 10.6 Å². The summed E-state index contributed by atoms with van der Waals surface area (Å²) in [7, 11) is -3.61. The van der Waals surface area contributed by atoms with Crippen molar-refractivity contribution in [3.8, 4) is 0 Å². The van der Waals surface area contributed by atoms with Gasteiger partial charge in [0, 0.05) is 26.5 Å². The highest BCUT2D eigenvalue weighted by atomic mass is 31.2.